The molecule has 2 unspecified atom stereocenters. The first-order valence-corrected chi connectivity index (χ1v) is 14.8. The van der Waals surface area contributed by atoms with Crippen molar-refractivity contribution < 1.29 is 37.1 Å². The third-order valence-electron chi connectivity index (χ3n) is 7.26. The summed E-state index contributed by atoms with van der Waals surface area (Å²) in [6, 6.07) is 21.0. The molecule has 1 aliphatic rings. The lowest BCUT2D eigenvalue weighted by molar-refractivity contribution is -0.202. The number of nitrogens with two attached hydrogens (primary N) is 1. The van der Waals surface area contributed by atoms with Gasteiger partial charge in [0.15, 0.2) is 5.96 Å². The molecule has 3 aromatic rings. The van der Waals surface area contributed by atoms with Crippen LogP contribution in [0.25, 0.3) is 0 Å². The molecule has 0 aliphatic carbocycles. The van der Waals surface area contributed by atoms with Crippen LogP contribution in [0.3, 0.4) is 0 Å². The van der Waals surface area contributed by atoms with Crippen LogP contribution >= 0.6 is 12.6 Å². The zero-order chi connectivity index (χ0) is 33.4. The Bertz CT molecular complexity index is 1590. The van der Waals surface area contributed by atoms with Crippen LogP contribution in [0.15, 0.2) is 78.9 Å². The van der Waals surface area contributed by atoms with Crippen molar-refractivity contribution >= 4 is 48.0 Å². The molecule has 2 atom stereocenters. The summed E-state index contributed by atoms with van der Waals surface area (Å²) in [4.78, 5) is 54.8. The molecule has 3 aromatic carbocycles. The number of guanidine groups is 1. The van der Waals surface area contributed by atoms with E-state index in [2.05, 4.69) is 22.7 Å². The second kappa shape index (κ2) is 15.0. The Hall–Kier alpha value is -4.85. The minimum atomic E-state index is -5.39. The van der Waals surface area contributed by atoms with Crippen LogP contribution in [0.2, 0.25) is 0 Å². The third kappa shape index (κ3) is 8.87. The minimum absolute atomic E-state index is 0.128. The summed E-state index contributed by atoms with van der Waals surface area (Å²) >= 11 is 4.37. The van der Waals surface area contributed by atoms with E-state index in [1.807, 2.05) is 30.3 Å². The van der Waals surface area contributed by atoms with Crippen molar-refractivity contribution in [1.29, 1.82) is 5.41 Å². The van der Waals surface area contributed by atoms with E-state index in [1.165, 1.54) is 4.90 Å². The molecule has 0 bridgehead atoms. The molecule has 0 saturated heterocycles. The summed E-state index contributed by atoms with van der Waals surface area (Å²) in [6.07, 6.45) is -4.53. The van der Waals surface area contributed by atoms with Gasteiger partial charge in [0, 0.05) is 0 Å². The van der Waals surface area contributed by atoms with E-state index in [0.717, 1.165) is 16.0 Å². The van der Waals surface area contributed by atoms with E-state index in [0.29, 0.717) is 30.5 Å². The largest absolute Gasteiger partial charge is 0.491 e. The Morgan fingerprint density at radius 3 is 2.28 bits per heavy atom. The molecular weight excluding hydrogens is 623 g/mol. The fraction of sp³-hybridized carbons (Fsp3) is 0.281. The molecule has 0 saturated carbocycles. The number of thiol groups is 1. The number of nitrogens with one attached hydrogen (secondary N) is 2. The lowest BCUT2D eigenvalue weighted by atomic mass is 9.99. The molecule has 0 spiro atoms. The number of ether oxygens (including phenoxy) is 1. The first kappa shape index (κ1) is 34.0. The molecule has 2 amide bonds. The molecule has 14 heteroatoms. The number of benzene rings is 3. The summed E-state index contributed by atoms with van der Waals surface area (Å²) in [5.41, 5.74) is 7.76. The molecule has 10 nitrogen and oxygen atoms in total. The predicted molar refractivity (Wildman–Crippen MR) is 167 cm³/mol. The Morgan fingerprint density at radius 1 is 1.00 bits per heavy atom. The fourth-order valence-corrected chi connectivity index (χ4v) is 5.45. The molecule has 4 rings (SSSR count). The zero-order valence-corrected chi connectivity index (χ0v) is 25.4. The van der Waals surface area contributed by atoms with Crippen LogP contribution in [-0.2, 0) is 32.1 Å². The van der Waals surface area contributed by atoms with Crippen LogP contribution in [0.5, 0.6) is 0 Å². The number of carbonyl (C=O) groups is 4. The van der Waals surface area contributed by atoms with Gasteiger partial charge in [-0.15, -0.1) is 0 Å². The topological polar surface area (TPSA) is 146 Å². The van der Waals surface area contributed by atoms with E-state index < -0.39 is 48.9 Å². The van der Waals surface area contributed by atoms with Crippen molar-refractivity contribution in [2.24, 2.45) is 5.73 Å². The van der Waals surface area contributed by atoms with Crippen LogP contribution in [0.4, 0.5) is 18.9 Å². The zero-order valence-electron chi connectivity index (χ0n) is 24.5. The van der Waals surface area contributed by atoms with Crippen molar-refractivity contribution in [3.8, 4) is 0 Å². The van der Waals surface area contributed by atoms with Crippen molar-refractivity contribution in [3.05, 3.63) is 101 Å². The van der Waals surface area contributed by atoms with Crippen molar-refractivity contribution in [2.45, 2.75) is 49.8 Å². The number of rotatable bonds is 11. The number of nitrogens with zero attached hydrogens (tertiary/aromatic N) is 2. The summed E-state index contributed by atoms with van der Waals surface area (Å²) in [7, 11) is 0. The molecule has 0 radical (unpaired) electrons. The SMILES string of the molecule is N=C(N)NC(S)CCCc1ccc2c(c1)C(=O)N(C(CC(=O)OC(=O)C(F)(F)F)c1ccccc1)CC(=O)N2Cc1ccccc1. The number of amides is 2. The van der Waals surface area contributed by atoms with Crippen LogP contribution in [-0.4, -0.2) is 52.7 Å². The van der Waals surface area contributed by atoms with Gasteiger partial charge in [-0.2, -0.15) is 25.8 Å². The Kier molecular flexibility index (Phi) is 11.1. The molecule has 46 heavy (non-hydrogen) atoms. The van der Waals surface area contributed by atoms with E-state index in [9.17, 15) is 32.3 Å². The van der Waals surface area contributed by atoms with Crippen molar-refractivity contribution in [1.82, 2.24) is 10.2 Å². The summed E-state index contributed by atoms with van der Waals surface area (Å²) < 4.78 is 42.6. The van der Waals surface area contributed by atoms with E-state index in [4.69, 9.17) is 11.1 Å². The monoisotopic (exact) mass is 655 g/mol. The van der Waals surface area contributed by atoms with Gasteiger partial charge in [-0.25, -0.2) is 4.79 Å². The van der Waals surface area contributed by atoms with Gasteiger partial charge in [-0.1, -0.05) is 66.7 Å². The van der Waals surface area contributed by atoms with E-state index in [-0.39, 0.29) is 23.4 Å². The Morgan fingerprint density at radius 2 is 1.65 bits per heavy atom. The normalized spacial score (nSPS) is 14.6. The highest BCUT2D eigenvalue weighted by Gasteiger charge is 2.43. The van der Waals surface area contributed by atoms with Gasteiger partial charge in [0.2, 0.25) is 5.91 Å². The first-order valence-electron chi connectivity index (χ1n) is 14.3. The molecule has 1 heterocycles. The Balaban J connectivity index is 1.71. The first-order chi connectivity index (χ1) is 21.8. The van der Waals surface area contributed by atoms with Crippen LogP contribution < -0.4 is 16.0 Å². The maximum atomic E-state index is 14.3. The number of hydrogen-bond donors (Lipinski definition) is 4. The predicted octanol–water partition coefficient (Wildman–Crippen LogP) is 4.50. The second-order valence-corrected chi connectivity index (χ2v) is 11.2. The number of halogens is 3. The van der Waals surface area contributed by atoms with Gasteiger partial charge in [0.25, 0.3) is 5.91 Å². The smallest absolute Gasteiger partial charge is 0.386 e. The number of fused-ring (bicyclic) bond motifs is 1. The quantitative estimate of drug-likeness (QED) is 0.0595. The highest BCUT2D eigenvalue weighted by Crippen LogP contribution is 2.34. The molecule has 0 fully saturated rings. The highest BCUT2D eigenvalue weighted by atomic mass is 32.1. The third-order valence-corrected chi connectivity index (χ3v) is 7.64. The van der Waals surface area contributed by atoms with Crippen molar-refractivity contribution in [3.63, 3.8) is 0 Å². The van der Waals surface area contributed by atoms with Gasteiger partial charge in [0.1, 0.15) is 6.54 Å². The second-order valence-electron chi connectivity index (χ2n) is 10.6. The number of carbonyl (C=O) groups excluding carboxylic acids is 4. The lowest BCUT2D eigenvalue weighted by Gasteiger charge is -2.30. The van der Waals surface area contributed by atoms with Crippen LogP contribution in [0, 0.1) is 5.41 Å². The molecule has 242 valence electrons. The van der Waals surface area contributed by atoms with E-state index >= 15 is 0 Å². The highest BCUT2D eigenvalue weighted by molar-refractivity contribution is 7.80. The van der Waals surface area contributed by atoms with Crippen LogP contribution in [0.1, 0.15) is 52.4 Å². The number of anilines is 1. The number of hydrogen-bond acceptors (Lipinski definition) is 7. The lowest BCUT2D eigenvalue weighted by Crippen LogP contribution is -2.42. The van der Waals surface area contributed by atoms with Gasteiger partial charge < -0.3 is 25.6 Å². The Labute approximate surface area is 268 Å². The average molecular weight is 656 g/mol. The summed E-state index contributed by atoms with van der Waals surface area (Å²) in [6.45, 7) is -0.378. The number of alkyl halides is 3. The minimum Gasteiger partial charge on any atom is -0.386 e. The number of esters is 2. The van der Waals surface area contributed by atoms with Gasteiger partial charge in [-0.05, 0) is 48.1 Å². The maximum absolute atomic E-state index is 14.3. The van der Waals surface area contributed by atoms with Crippen molar-refractivity contribution in [2.75, 3.05) is 11.4 Å². The van der Waals surface area contributed by atoms with Gasteiger partial charge in [-0.3, -0.25) is 19.8 Å². The summed E-state index contributed by atoms with van der Waals surface area (Å²) in [5.74, 6) is -5.50. The molecule has 1 aliphatic heterocycles. The number of aryl methyl sites for hydroxylation is 1. The summed E-state index contributed by atoms with van der Waals surface area (Å²) in [5, 5.41) is 9.69. The molecular formula is C32H32F3N5O5S. The van der Waals surface area contributed by atoms with E-state index in [1.54, 1.807) is 48.5 Å². The van der Waals surface area contributed by atoms with Gasteiger partial charge in [0.05, 0.1) is 35.6 Å². The average Bonchev–Trinajstić information content (AvgIpc) is 3.10. The molecule has 4 N–H and O–H groups in total. The maximum Gasteiger partial charge on any atom is 0.491 e. The molecule has 0 aromatic heterocycles. The van der Waals surface area contributed by atoms with Gasteiger partial charge >= 0.3 is 18.1 Å². The standard InChI is InChI=1S/C32H32F3N5O5S/c33-32(34,35)30(44)45-28(42)17-25(22-11-5-2-6-12-22)40-19-27(41)39(18-21-8-3-1-4-9-21)24-15-14-20(16-23(24)29(40)43)10-7-13-26(46)38-31(36)37/h1-6,8-9,11-12,14-16,25-26,46H,7,10,13,17-19H2,(H4,36,37,38). The fourth-order valence-electron chi connectivity index (χ4n) is 5.12.